The first-order valence-electron chi connectivity index (χ1n) is 39.7. The van der Waals surface area contributed by atoms with Gasteiger partial charge in [-0.3, -0.25) is 0 Å². The highest BCUT2D eigenvalue weighted by Crippen LogP contribution is 2.72. The van der Waals surface area contributed by atoms with Crippen LogP contribution in [0.3, 0.4) is 0 Å². The van der Waals surface area contributed by atoms with Crippen molar-refractivity contribution in [2.75, 3.05) is 0 Å². The van der Waals surface area contributed by atoms with Crippen LogP contribution in [-0.4, -0.2) is 38.3 Å². The average Bonchev–Trinajstić information content (AvgIpc) is 1.50. The van der Waals surface area contributed by atoms with Crippen LogP contribution in [0.2, 0.25) is 5.28 Å². The van der Waals surface area contributed by atoms with E-state index >= 15 is 0 Å². The van der Waals surface area contributed by atoms with E-state index in [1.807, 2.05) is 54.6 Å². The molecule has 11 aliphatic rings. The van der Waals surface area contributed by atoms with Crippen molar-refractivity contribution in [3.8, 4) is 89.3 Å². The number of halogens is 1. The lowest BCUT2D eigenvalue weighted by atomic mass is 9.61. The van der Waals surface area contributed by atoms with E-state index in [1.165, 1.54) is 111 Å². The van der Waals surface area contributed by atoms with Crippen LogP contribution < -0.4 is 0 Å². The van der Waals surface area contributed by atoms with Gasteiger partial charge in [-0.1, -0.05) is 316 Å². The van der Waals surface area contributed by atoms with Crippen molar-refractivity contribution in [2.45, 2.75) is 49.7 Å². The fraction of sp³-hybridized carbons (Fsp3) is 0.154. The van der Waals surface area contributed by atoms with Crippen molar-refractivity contribution in [1.82, 2.24) is 19.9 Å². The van der Waals surface area contributed by atoms with E-state index in [0.717, 1.165) is 61.2 Å². The standard InChI is InChI=1S/C49H32N2.C41H35BO2.C14H9ClN2/c1-2-13-29(14-3-1)47-37-19-8-11-24-44(37)50-48(51-47)30-25-26-34-33-17-6-9-22-40(33)49(42(34)27-30)41-23-10-7-18-36(41)46-38-21-12-20-35-31-15-4-5-16-32(31)39(45(35)38)28-43(46)49;1-39(2)40(3,4)44-42(43-39)24-20-21-28-27-14-7-9-18-33(27)41(35(28)22-24)34-19-10-8-15-30(34)38-31-17-11-16-29-25-12-5-6-13-26(25)32(37(29)31)23-36(38)41;15-14-16-12-9-5-4-8-11(12)13(17-14)10-6-2-1-3-7-10/h1-28,33-34,40,42H;5-23,27-28,33,35H,1-4H3;1-9H. The predicted octanol–water partition coefficient (Wildman–Crippen LogP) is 25.1. The van der Waals surface area contributed by atoms with E-state index in [2.05, 4.69) is 323 Å². The lowest BCUT2D eigenvalue weighted by Crippen LogP contribution is -2.41. The SMILES string of the molecule is C1=CC2C3C=CC(c4nc(-c5ccccc5)c5ccccc5n4)=CC3C3(c4ccccc4-c4c3cc3c5c(cccc45)-c4ccccc4-3)C2C=C1.CC1(C)OB(C2=CC3C(C=C2)C2C=CC=CC2C32c3ccccc3-c3c2cc2c4c(cccc34)-c3ccccc3-2)OC1(C)C.Clc1nc(-c2ccccc2)c2ccccc2n1. The summed E-state index contributed by atoms with van der Waals surface area (Å²) < 4.78 is 13.3. The highest BCUT2D eigenvalue weighted by molar-refractivity contribution is 6.55. The zero-order valence-corrected chi connectivity index (χ0v) is 63.3. The van der Waals surface area contributed by atoms with Crippen molar-refractivity contribution in [3.05, 3.63) is 379 Å². The van der Waals surface area contributed by atoms with Crippen LogP contribution in [0.15, 0.2) is 345 Å². The van der Waals surface area contributed by atoms with Crippen molar-refractivity contribution in [3.63, 3.8) is 0 Å². The molecule has 10 aliphatic carbocycles. The molecule has 6 nitrogen and oxygen atoms in total. The monoisotopic (exact) mass is 1460 g/mol. The van der Waals surface area contributed by atoms with Gasteiger partial charge < -0.3 is 9.31 Å². The molecule has 1 aliphatic heterocycles. The summed E-state index contributed by atoms with van der Waals surface area (Å²) in [7, 11) is -0.372. The third kappa shape index (κ3) is 9.18. The van der Waals surface area contributed by atoms with Crippen molar-refractivity contribution < 1.29 is 9.31 Å². The van der Waals surface area contributed by atoms with Gasteiger partial charge in [0.1, 0.15) is 0 Å². The van der Waals surface area contributed by atoms with Gasteiger partial charge in [-0.15, -0.1) is 0 Å². The molecule has 3 fully saturated rings. The molecule has 0 amide bonds. The number of allylic oxidation sites excluding steroid dienone is 16. The number of rotatable bonds is 4. The van der Waals surface area contributed by atoms with Gasteiger partial charge in [0.05, 0.1) is 33.6 Å². The molecule has 2 saturated carbocycles. The van der Waals surface area contributed by atoms with Crippen LogP contribution in [-0.2, 0) is 20.1 Å². The molecule has 25 rings (SSSR count). The Bertz CT molecular complexity index is 6680. The minimum Gasteiger partial charge on any atom is -0.399 e. The Labute approximate surface area is 657 Å². The summed E-state index contributed by atoms with van der Waals surface area (Å²) in [5.41, 5.74) is 29.3. The maximum absolute atomic E-state index is 6.63. The molecule has 8 heteroatoms. The Morgan fingerprint density at radius 2 is 0.732 bits per heavy atom. The fourth-order valence-corrected chi connectivity index (χ4v) is 22.5. The molecule has 3 heterocycles. The third-order valence-corrected chi connectivity index (χ3v) is 27.7. The number of fused-ring (bicyclic) bond motifs is 30. The number of aromatic nitrogens is 4. The van der Waals surface area contributed by atoms with Crippen LogP contribution in [0.5, 0.6) is 0 Å². The Morgan fingerprint density at radius 1 is 0.330 bits per heavy atom. The molecule has 12 aromatic carbocycles. The zero-order chi connectivity index (χ0) is 74.5. The summed E-state index contributed by atoms with van der Waals surface area (Å²) in [6, 6.07) is 92.5. The summed E-state index contributed by atoms with van der Waals surface area (Å²) in [6.07, 6.45) is 33.8. The smallest absolute Gasteiger partial charge is 0.399 e. The number of nitrogens with zero attached hydrogens (tertiary/aromatic N) is 4. The van der Waals surface area contributed by atoms with E-state index in [9.17, 15) is 0 Å². The van der Waals surface area contributed by atoms with E-state index < -0.39 is 0 Å². The second-order valence-electron chi connectivity index (χ2n) is 33.1. The van der Waals surface area contributed by atoms with Gasteiger partial charge in [0.15, 0.2) is 5.82 Å². The third-order valence-electron chi connectivity index (χ3n) is 27.5. The predicted molar refractivity (Wildman–Crippen MR) is 459 cm³/mol. The van der Waals surface area contributed by atoms with Crippen LogP contribution in [0.4, 0.5) is 0 Å². The maximum Gasteiger partial charge on any atom is 0.494 e. The van der Waals surface area contributed by atoms with Gasteiger partial charge in [0.25, 0.3) is 0 Å². The largest absolute Gasteiger partial charge is 0.494 e. The van der Waals surface area contributed by atoms with Gasteiger partial charge in [-0.2, -0.15) is 0 Å². The van der Waals surface area contributed by atoms with Gasteiger partial charge in [-0.25, -0.2) is 19.9 Å². The number of benzene rings is 12. The summed E-state index contributed by atoms with van der Waals surface area (Å²) in [4.78, 5) is 19.1. The molecule has 14 aromatic rings. The van der Waals surface area contributed by atoms with E-state index in [1.54, 1.807) is 0 Å². The fourth-order valence-electron chi connectivity index (χ4n) is 22.4. The summed E-state index contributed by atoms with van der Waals surface area (Å²) in [6.45, 7) is 8.59. The van der Waals surface area contributed by atoms with E-state index in [4.69, 9.17) is 30.9 Å². The van der Waals surface area contributed by atoms with Crippen molar-refractivity contribution >= 4 is 67.6 Å². The number of hydrogen-bond acceptors (Lipinski definition) is 6. The molecule has 1 saturated heterocycles. The first kappa shape index (κ1) is 65.9. The van der Waals surface area contributed by atoms with Gasteiger partial charge >= 0.3 is 7.12 Å². The summed E-state index contributed by atoms with van der Waals surface area (Å²) in [5, 5.41) is 7.93. The van der Waals surface area contributed by atoms with Gasteiger partial charge in [0, 0.05) is 38.3 Å². The Morgan fingerprint density at radius 3 is 1.26 bits per heavy atom. The normalized spacial score (nSPS) is 24.5. The van der Waals surface area contributed by atoms with Gasteiger partial charge in [-0.05, 0) is 227 Å². The topological polar surface area (TPSA) is 70.0 Å². The first-order chi connectivity index (χ1) is 55.0. The molecule has 534 valence electrons. The van der Waals surface area contributed by atoms with Crippen LogP contribution >= 0.6 is 11.6 Å². The maximum atomic E-state index is 6.63. The van der Waals surface area contributed by atoms with Crippen molar-refractivity contribution in [2.24, 2.45) is 47.3 Å². The zero-order valence-electron chi connectivity index (χ0n) is 62.5. The van der Waals surface area contributed by atoms with Gasteiger partial charge in [0.2, 0.25) is 5.28 Å². The summed E-state index contributed by atoms with van der Waals surface area (Å²) in [5.74, 6) is 3.44. The highest BCUT2D eigenvalue weighted by Gasteiger charge is 2.66. The molecular formula is C104H76BClN4O2. The molecule has 10 atom stereocenters. The van der Waals surface area contributed by atoms with Crippen LogP contribution in [0, 0.1) is 47.3 Å². The molecule has 2 aromatic heterocycles. The molecule has 0 N–H and O–H groups in total. The lowest BCUT2D eigenvalue weighted by Gasteiger charge is -2.39. The van der Waals surface area contributed by atoms with E-state index in [0.29, 0.717) is 35.5 Å². The van der Waals surface area contributed by atoms with Crippen LogP contribution in [0.1, 0.15) is 55.8 Å². The second-order valence-corrected chi connectivity index (χ2v) is 33.5. The number of para-hydroxylation sites is 2. The van der Waals surface area contributed by atoms with Crippen molar-refractivity contribution in [1.29, 1.82) is 0 Å². The molecule has 2 spiro atoms. The van der Waals surface area contributed by atoms with Crippen LogP contribution in [0.25, 0.3) is 138 Å². The first-order valence-corrected chi connectivity index (χ1v) is 40.1. The average molecular weight is 1460 g/mol. The summed E-state index contributed by atoms with van der Waals surface area (Å²) >= 11 is 5.95. The minimum absolute atomic E-state index is 0.208. The highest BCUT2D eigenvalue weighted by atomic mass is 35.5. The Hall–Kier alpha value is -12.0. The molecule has 0 radical (unpaired) electrons. The quantitative estimate of drug-likeness (QED) is 0.129. The Balaban J connectivity index is 0.000000111. The second kappa shape index (κ2) is 24.5. The Kier molecular flexibility index (Phi) is 14.4. The molecule has 0 bridgehead atoms. The lowest BCUT2D eigenvalue weighted by molar-refractivity contribution is 0.00578. The minimum atomic E-state index is -0.378. The van der Waals surface area contributed by atoms with E-state index in [-0.39, 0.29) is 46.3 Å². The number of hydrogen-bond donors (Lipinski definition) is 0. The molecule has 10 unspecified atom stereocenters. The molecular weight excluding hydrogens is 1380 g/mol. The molecule has 112 heavy (non-hydrogen) atoms.